The molecule has 4 heteroatoms. The van der Waals surface area contributed by atoms with Crippen LogP contribution in [0.3, 0.4) is 0 Å². The highest BCUT2D eigenvalue weighted by Gasteiger charge is 2.16. The van der Waals surface area contributed by atoms with Crippen LogP contribution in [0, 0.1) is 3.57 Å². The second-order valence-electron chi connectivity index (χ2n) is 2.86. The summed E-state index contributed by atoms with van der Waals surface area (Å²) >= 11 is 5.56. The number of rotatable bonds is 3. The fourth-order valence-corrected chi connectivity index (χ4v) is 2.52. The molecule has 0 radical (unpaired) electrons. The van der Waals surface area contributed by atoms with E-state index in [-0.39, 0.29) is 10.6 Å². The van der Waals surface area contributed by atoms with E-state index >= 15 is 0 Å². The number of benzene rings is 1. The monoisotopic (exact) mass is 368 g/mol. The summed E-state index contributed by atoms with van der Waals surface area (Å²) in [5, 5.41) is 0. The predicted octanol–water partition coefficient (Wildman–Crippen LogP) is 3.32. The zero-order chi connectivity index (χ0) is 10.7. The van der Waals surface area contributed by atoms with Crippen molar-refractivity contribution >= 4 is 44.3 Å². The quantitative estimate of drug-likeness (QED) is 0.604. The summed E-state index contributed by atoms with van der Waals surface area (Å²) in [4.78, 5) is 11.0. The second kappa shape index (κ2) is 5.11. The van der Waals surface area contributed by atoms with Crippen molar-refractivity contribution in [1.29, 1.82) is 0 Å². The number of ketones is 1. The number of ether oxygens (including phenoxy) is 1. The van der Waals surface area contributed by atoms with E-state index in [0.29, 0.717) is 0 Å². The minimum absolute atomic E-state index is 0.0937. The van der Waals surface area contributed by atoms with Gasteiger partial charge in [-0.2, -0.15) is 0 Å². The van der Waals surface area contributed by atoms with Crippen LogP contribution in [0.1, 0.15) is 17.3 Å². The van der Waals surface area contributed by atoms with Crippen molar-refractivity contribution in [3.05, 3.63) is 27.3 Å². The van der Waals surface area contributed by atoms with Crippen LogP contribution in [0.5, 0.6) is 5.75 Å². The van der Waals surface area contributed by atoms with E-state index in [4.69, 9.17) is 4.74 Å². The van der Waals surface area contributed by atoms with Gasteiger partial charge in [0.1, 0.15) is 11.5 Å². The van der Waals surface area contributed by atoms with Crippen molar-refractivity contribution < 1.29 is 9.53 Å². The van der Waals surface area contributed by atoms with E-state index in [2.05, 4.69) is 38.5 Å². The molecule has 0 heterocycles. The van der Waals surface area contributed by atoms with E-state index < -0.39 is 0 Å². The molecule has 0 aliphatic heterocycles. The van der Waals surface area contributed by atoms with E-state index in [1.165, 1.54) is 0 Å². The van der Waals surface area contributed by atoms with Gasteiger partial charge in [0.2, 0.25) is 0 Å². The molecule has 0 N–H and O–H groups in total. The Kier molecular flexibility index (Phi) is 4.37. The summed E-state index contributed by atoms with van der Waals surface area (Å²) in [7, 11) is 1.61. The van der Waals surface area contributed by atoms with E-state index in [0.717, 1.165) is 14.9 Å². The largest absolute Gasteiger partial charge is 0.497 e. The van der Waals surface area contributed by atoms with E-state index in [1.807, 2.05) is 18.2 Å². The van der Waals surface area contributed by atoms with Crippen molar-refractivity contribution in [3.63, 3.8) is 0 Å². The van der Waals surface area contributed by atoms with Gasteiger partial charge in [0.25, 0.3) is 0 Å². The summed E-state index contributed by atoms with van der Waals surface area (Å²) < 4.78 is 6.16. The van der Waals surface area contributed by atoms with Gasteiger partial charge in [0.15, 0.2) is 0 Å². The first kappa shape index (κ1) is 12.0. The molecule has 1 atom stereocenters. The van der Waals surface area contributed by atoms with Crippen LogP contribution >= 0.6 is 38.5 Å². The molecule has 0 bridgehead atoms. The molecule has 0 aliphatic carbocycles. The predicted molar refractivity (Wildman–Crippen MR) is 68.1 cm³/mol. The first-order chi connectivity index (χ1) is 6.56. The maximum atomic E-state index is 11.2. The minimum Gasteiger partial charge on any atom is -0.497 e. The first-order valence-electron chi connectivity index (χ1n) is 4.04. The van der Waals surface area contributed by atoms with Crippen molar-refractivity contribution in [1.82, 2.24) is 0 Å². The molecule has 1 aromatic rings. The number of carbonyl (C=O) groups is 1. The van der Waals surface area contributed by atoms with E-state index in [9.17, 15) is 4.79 Å². The molecular formula is C10H10BrIO2. The first-order valence-corrected chi connectivity index (χ1v) is 6.03. The van der Waals surface area contributed by atoms with Gasteiger partial charge in [0, 0.05) is 3.57 Å². The number of hydrogen-bond acceptors (Lipinski definition) is 2. The van der Waals surface area contributed by atoms with Crippen molar-refractivity contribution in [2.75, 3.05) is 7.11 Å². The lowest BCUT2D eigenvalue weighted by Gasteiger charge is -2.10. The minimum atomic E-state index is -0.246. The normalized spacial score (nSPS) is 12.3. The summed E-state index contributed by atoms with van der Waals surface area (Å²) in [5.74, 6) is 0.863. The Morgan fingerprint density at radius 1 is 1.57 bits per heavy atom. The standard InChI is InChI=1S/C10H10BrIO2/c1-6(13)10(11)8-5-7(14-2)3-4-9(8)12/h3-5,10H,1-2H3. The van der Waals surface area contributed by atoms with Crippen LogP contribution in [-0.4, -0.2) is 12.9 Å². The van der Waals surface area contributed by atoms with Crippen molar-refractivity contribution in [2.24, 2.45) is 0 Å². The van der Waals surface area contributed by atoms with Crippen molar-refractivity contribution in [2.45, 2.75) is 11.8 Å². The summed E-state index contributed by atoms with van der Waals surface area (Å²) in [6, 6.07) is 5.69. The highest BCUT2D eigenvalue weighted by Crippen LogP contribution is 2.30. The van der Waals surface area contributed by atoms with Gasteiger partial charge in [-0.3, -0.25) is 4.79 Å². The third-order valence-corrected chi connectivity index (χ3v) is 3.95. The van der Waals surface area contributed by atoms with Gasteiger partial charge < -0.3 is 4.74 Å². The van der Waals surface area contributed by atoms with Crippen LogP contribution in [-0.2, 0) is 4.79 Å². The summed E-state index contributed by atoms with van der Waals surface area (Å²) in [6.07, 6.45) is 0. The molecule has 0 saturated heterocycles. The Morgan fingerprint density at radius 3 is 2.71 bits per heavy atom. The summed E-state index contributed by atoms with van der Waals surface area (Å²) in [5.41, 5.74) is 0.956. The molecule has 1 aromatic carbocycles. The third-order valence-electron chi connectivity index (χ3n) is 1.83. The van der Waals surface area contributed by atoms with Crippen LogP contribution in [0.15, 0.2) is 18.2 Å². The number of halogens is 2. The maximum absolute atomic E-state index is 11.2. The topological polar surface area (TPSA) is 26.3 Å². The number of Topliss-reactive ketones (excluding diaryl/α,β-unsaturated/α-hetero) is 1. The number of carbonyl (C=O) groups excluding carboxylic acids is 1. The molecule has 0 aromatic heterocycles. The molecule has 0 aliphatic rings. The van der Waals surface area contributed by atoms with E-state index in [1.54, 1.807) is 14.0 Å². The Bertz CT molecular complexity index is 352. The lowest BCUT2D eigenvalue weighted by molar-refractivity contribution is -0.116. The van der Waals surface area contributed by atoms with Gasteiger partial charge in [-0.1, -0.05) is 15.9 Å². The molecule has 14 heavy (non-hydrogen) atoms. The zero-order valence-electron chi connectivity index (χ0n) is 7.88. The molecule has 0 amide bonds. The number of hydrogen-bond donors (Lipinski definition) is 0. The Labute approximate surface area is 105 Å². The SMILES string of the molecule is COc1ccc(I)c(C(Br)C(C)=O)c1. The Hall–Kier alpha value is -0.100. The molecule has 2 nitrogen and oxygen atoms in total. The molecule has 0 spiro atoms. The lowest BCUT2D eigenvalue weighted by Crippen LogP contribution is -2.03. The summed E-state index contributed by atoms with van der Waals surface area (Å²) in [6.45, 7) is 1.56. The number of methoxy groups -OCH3 is 1. The molecule has 1 unspecified atom stereocenters. The van der Waals surface area contributed by atoms with Crippen LogP contribution < -0.4 is 4.74 Å². The van der Waals surface area contributed by atoms with Gasteiger partial charge in [-0.05, 0) is 53.3 Å². The smallest absolute Gasteiger partial charge is 0.147 e. The average Bonchev–Trinajstić information content (AvgIpc) is 2.17. The van der Waals surface area contributed by atoms with Crippen LogP contribution in [0.4, 0.5) is 0 Å². The molecule has 0 saturated carbocycles. The van der Waals surface area contributed by atoms with Crippen LogP contribution in [0.25, 0.3) is 0 Å². The third kappa shape index (κ3) is 2.70. The van der Waals surface area contributed by atoms with Crippen molar-refractivity contribution in [3.8, 4) is 5.75 Å². The fraction of sp³-hybridized carbons (Fsp3) is 0.300. The highest BCUT2D eigenvalue weighted by molar-refractivity contribution is 14.1. The second-order valence-corrected chi connectivity index (χ2v) is 4.94. The molecule has 0 fully saturated rings. The number of alkyl halides is 1. The van der Waals surface area contributed by atoms with Gasteiger partial charge in [0.05, 0.1) is 11.9 Å². The van der Waals surface area contributed by atoms with Crippen LogP contribution in [0.2, 0.25) is 0 Å². The maximum Gasteiger partial charge on any atom is 0.147 e. The highest BCUT2D eigenvalue weighted by atomic mass is 127. The molecule has 1 rings (SSSR count). The molecule has 76 valence electrons. The van der Waals surface area contributed by atoms with Gasteiger partial charge in [-0.25, -0.2) is 0 Å². The zero-order valence-corrected chi connectivity index (χ0v) is 11.6. The van der Waals surface area contributed by atoms with Gasteiger partial charge >= 0.3 is 0 Å². The Morgan fingerprint density at radius 2 is 2.21 bits per heavy atom. The average molecular weight is 369 g/mol. The molecular weight excluding hydrogens is 359 g/mol. The lowest BCUT2D eigenvalue weighted by atomic mass is 10.1. The van der Waals surface area contributed by atoms with Gasteiger partial charge in [-0.15, -0.1) is 0 Å². The fourth-order valence-electron chi connectivity index (χ4n) is 1.06. The Balaban J connectivity index is 3.11.